The van der Waals surface area contributed by atoms with Crippen molar-refractivity contribution in [3.8, 4) is 0 Å². The van der Waals surface area contributed by atoms with E-state index < -0.39 is 6.18 Å². The van der Waals surface area contributed by atoms with Crippen molar-refractivity contribution in [2.24, 2.45) is 5.92 Å². The first-order valence-electron chi connectivity index (χ1n) is 4.83. The van der Waals surface area contributed by atoms with Crippen molar-refractivity contribution >= 4 is 0 Å². The van der Waals surface area contributed by atoms with E-state index in [9.17, 15) is 13.2 Å². The fraction of sp³-hybridized carbons (Fsp3) is 0.636. The molecule has 0 fully saturated rings. The normalized spacial score (nSPS) is 32.2. The van der Waals surface area contributed by atoms with Crippen molar-refractivity contribution in [1.82, 2.24) is 0 Å². The zero-order valence-corrected chi connectivity index (χ0v) is 8.49. The predicted octanol–water partition coefficient (Wildman–Crippen LogP) is 4.24. The minimum absolute atomic E-state index is 0.0122. The summed E-state index contributed by atoms with van der Waals surface area (Å²) in [6.07, 6.45) is 0.614. The second-order valence-electron chi connectivity index (χ2n) is 3.95. The van der Waals surface area contributed by atoms with Crippen LogP contribution in [-0.2, 0) is 0 Å². The van der Waals surface area contributed by atoms with Crippen LogP contribution >= 0.6 is 0 Å². The predicted molar refractivity (Wildman–Crippen MR) is 50.9 cm³/mol. The highest BCUT2D eigenvalue weighted by Crippen LogP contribution is 2.33. The number of allylic oxidation sites excluding steroid dienone is 4. The molecule has 0 saturated carbocycles. The van der Waals surface area contributed by atoms with Gasteiger partial charge in [-0.2, -0.15) is 13.2 Å². The summed E-state index contributed by atoms with van der Waals surface area (Å²) in [5.74, 6) is -0.0122. The molecule has 1 unspecified atom stereocenters. The molecule has 0 aromatic carbocycles. The number of rotatable bonds is 0. The van der Waals surface area contributed by atoms with Gasteiger partial charge in [0.1, 0.15) is 0 Å². The molecular weight excluding hydrogens is 189 g/mol. The van der Waals surface area contributed by atoms with Gasteiger partial charge in [-0.25, -0.2) is 0 Å². The van der Waals surface area contributed by atoms with Gasteiger partial charge in [0.25, 0.3) is 0 Å². The van der Waals surface area contributed by atoms with Crippen molar-refractivity contribution in [2.75, 3.05) is 0 Å². The first kappa shape index (κ1) is 11.3. The van der Waals surface area contributed by atoms with Crippen LogP contribution < -0.4 is 0 Å². The maximum atomic E-state index is 12.5. The first-order chi connectivity index (χ1) is 6.39. The van der Waals surface area contributed by atoms with Crippen molar-refractivity contribution in [3.05, 3.63) is 23.3 Å². The lowest BCUT2D eigenvalue weighted by Crippen LogP contribution is -2.14. The molecule has 1 rings (SSSR count). The van der Waals surface area contributed by atoms with Gasteiger partial charge in [-0.3, -0.25) is 0 Å². The average molecular weight is 204 g/mol. The molecule has 1 atom stereocenters. The molecule has 0 aromatic heterocycles. The Kier molecular flexibility index (Phi) is 3.40. The van der Waals surface area contributed by atoms with Gasteiger partial charge >= 0.3 is 6.18 Å². The summed E-state index contributed by atoms with van der Waals surface area (Å²) in [7, 11) is 0. The fourth-order valence-corrected chi connectivity index (χ4v) is 1.55. The highest BCUT2D eigenvalue weighted by molar-refractivity contribution is 5.16. The fourth-order valence-electron chi connectivity index (χ4n) is 1.55. The minimum atomic E-state index is -4.15. The summed E-state index contributed by atoms with van der Waals surface area (Å²) in [6, 6.07) is 0. The van der Waals surface area contributed by atoms with Gasteiger partial charge in [0.15, 0.2) is 0 Å². The summed E-state index contributed by atoms with van der Waals surface area (Å²) < 4.78 is 37.4. The third-order valence-corrected chi connectivity index (χ3v) is 2.48. The molecule has 1 aliphatic rings. The van der Waals surface area contributed by atoms with Crippen molar-refractivity contribution in [1.29, 1.82) is 0 Å². The molecule has 0 aliphatic heterocycles. The van der Waals surface area contributed by atoms with Crippen molar-refractivity contribution < 1.29 is 13.2 Å². The van der Waals surface area contributed by atoms with E-state index in [0.29, 0.717) is 12.8 Å². The Labute approximate surface area is 82.5 Å². The Morgan fingerprint density at radius 3 is 2.50 bits per heavy atom. The SMILES string of the molecule is C/C1=C\CC(C)/C=C(/C(F)(F)F)CC1. The van der Waals surface area contributed by atoms with Crippen LogP contribution in [0.3, 0.4) is 0 Å². The molecule has 0 spiro atoms. The zero-order valence-electron chi connectivity index (χ0n) is 8.49. The second kappa shape index (κ2) is 4.20. The zero-order chi connectivity index (χ0) is 10.8. The van der Waals surface area contributed by atoms with E-state index in [1.54, 1.807) is 0 Å². The molecule has 0 aromatic rings. The van der Waals surface area contributed by atoms with Crippen LogP contribution in [0.25, 0.3) is 0 Å². The molecule has 14 heavy (non-hydrogen) atoms. The van der Waals surface area contributed by atoms with Gasteiger partial charge in [-0.05, 0) is 32.1 Å². The van der Waals surface area contributed by atoms with Crippen LogP contribution in [0, 0.1) is 5.92 Å². The van der Waals surface area contributed by atoms with E-state index in [4.69, 9.17) is 0 Å². The molecule has 0 nitrogen and oxygen atoms in total. The maximum absolute atomic E-state index is 12.5. The number of hydrogen-bond donors (Lipinski definition) is 0. The first-order valence-corrected chi connectivity index (χ1v) is 4.83. The standard InChI is InChI=1S/C11H15F3/c1-8-3-4-9(2)7-10(6-5-8)11(12,13)14/h3,7,9H,4-6H2,1-2H3/b8-3+,10-7+. The Bertz CT molecular complexity index is 258. The van der Waals surface area contributed by atoms with E-state index in [-0.39, 0.29) is 17.9 Å². The van der Waals surface area contributed by atoms with Gasteiger partial charge in [0.2, 0.25) is 0 Å². The van der Waals surface area contributed by atoms with E-state index in [1.807, 2.05) is 19.9 Å². The molecule has 0 heterocycles. The third kappa shape index (κ3) is 3.20. The Hall–Kier alpha value is -0.730. The quantitative estimate of drug-likeness (QED) is 0.518. The van der Waals surface area contributed by atoms with Gasteiger partial charge in [-0.1, -0.05) is 24.6 Å². The molecule has 0 bridgehead atoms. The summed E-state index contributed by atoms with van der Waals surface area (Å²) in [5, 5.41) is 0. The largest absolute Gasteiger partial charge is 0.412 e. The van der Waals surface area contributed by atoms with Crippen LogP contribution in [0.5, 0.6) is 0 Å². The summed E-state index contributed by atoms with van der Waals surface area (Å²) in [6.45, 7) is 3.72. The van der Waals surface area contributed by atoms with Crippen LogP contribution in [0.4, 0.5) is 13.2 Å². The van der Waals surface area contributed by atoms with Gasteiger partial charge in [-0.15, -0.1) is 0 Å². The van der Waals surface area contributed by atoms with E-state index >= 15 is 0 Å². The summed E-state index contributed by atoms with van der Waals surface area (Å²) >= 11 is 0. The number of alkyl halides is 3. The summed E-state index contributed by atoms with van der Waals surface area (Å²) in [5.41, 5.74) is 0.698. The Morgan fingerprint density at radius 2 is 1.93 bits per heavy atom. The van der Waals surface area contributed by atoms with Crippen molar-refractivity contribution in [2.45, 2.75) is 39.3 Å². The molecule has 0 N–H and O–H groups in total. The molecule has 0 radical (unpaired) electrons. The number of halogens is 3. The smallest absolute Gasteiger partial charge is 0.166 e. The lowest BCUT2D eigenvalue weighted by molar-refractivity contribution is -0.0944. The molecule has 1 aliphatic carbocycles. The van der Waals surface area contributed by atoms with Gasteiger partial charge < -0.3 is 0 Å². The molecular formula is C11H15F3. The van der Waals surface area contributed by atoms with Crippen LogP contribution in [-0.4, -0.2) is 6.18 Å². The van der Waals surface area contributed by atoms with E-state index in [0.717, 1.165) is 5.57 Å². The molecule has 0 saturated heterocycles. The minimum Gasteiger partial charge on any atom is -0.166 e. The Balaban J connectivity index is 2.81. The lowest BCUT2D eigenvalue weighted by Gasteiger charge is -2.17. The van der Waals surface area contributed by atoms with Crippen molar-refractivity contribution in [3.63, 3.8) is 0 Å². The van der Waals surface area contributed by atoms with Crippen LogP contribution in [0.2, 0.25) is 0 Å². The average Bonchev–Trinajstić information content (AvgIpc) is 2.03. The molecule has 80 valence electrons. The van der Waals surface area contributed by atoms with Crippen LogP contribution in [0.15, 0.2) is 23.3 Å². The van der Waals surface area contributed by atoms with Gasteiger partial charge in [0.05, 0.1) is 0 Å². The van der Waals surface area contributed by atoms with E-state index in [2.05, 4.69) is 0 Å². The van der Waals surface area contributed by atoms with E-state index in [1.165, 1.54) is 6.08 Å². The Morgan fingerprint density at radius 1 is 1.29 bits per heavy atom. The summed E-state index contributed by atoms with van der Waals surface area (Å²) in [4.78, 5) is 0. The highest BCUT2D eigenvalue weighted by atomic mass is 19.4. The van der Waals surface area contributed by atoms with Crippen LogP contribution in [0.1, 0.15) is 33.1 Å². The highest BCUT2D eigenvalue weighted by Gasteiger charge is 2.33. The molecule has 3 heteroatoms. The number of hydrogen-bond acceptors (Lipinski definition) is 0. The van der Waals surface area contributed by atoms with Gasteiger partial charge in [0, 0.05) is 5.57 Å². The third-order valence-electron chi connectivity index (χ3n) is 2.48. The topological polar surface area (TPSA) is 0 Å². The second-order valence-corrected chi connectivity index (χ2v) is 3.95. The molecule has 0 amide bonds. The monoisotopic (exact) mass is 204 g/mol. The lowest BCUT2D eigenvalue weighted by atomic mass is 9.94. The maximum Gasteiger partial charge on any atom is 0.412 e.